The number of nitrogens with one attached hydrogen (secondary N) is 3. The summed E-state index contributed by atoms with van der Waals surface area (Å²) in [5.74, 6) is 1.48. The first-order chi connectivity index (χ1) is 8.24. The van der Waals surface area contributed by atoms with Gasteiger partial charge in [0, 0.05) is 31.7 Å². The van der Waals surface area contributed by atoms with Gasteiger partial charge in [0.2, 0.25) is 11.8 Å². The van der Waals surface area contributed by atoms with E-state index in [1.807, 2.05) is 0 Å². The van der Waals surface area contributed by atoms with Gasteiger partial charge in [-0.25, -0.2) is 0 Å². The minimum Gasteiger partial charge on any atom is -0.383 e. The van der Waals surface area contributed by atoms with E-state index < -0.39 is 0 Å². The second-order valence-electron chi connectivity index (χ2n) is 3.64. The third kappa shape index (κ3) is 5.90. The molecular weight excluding hydrogens is 242 g/mol. The molecule has 0 aliphatic carbocycles. The molecule has 1 fully saturated rings. The first-order valence-electron chi connectivity index (χ1n) is 5.58. The summed E-state index contributed by atoms with van der Waals surface area (Å²) in [6.07, 6.45) is 0. The lowest BCUT2D eigenvalue weighted by Crippen LogP contribution is -2.50. The van der Waals surface area contributed by atoms with Gasteiger partial charge in [-0.05, 0) is 0 Å². The lowest BCUT2D eigenvalue weighted by molar-refractivity contribution is -0.127. The second-order valence-corrected chi connectivity index (χ2v) is 4.79. The summed E-state index contributed by atoms with van der Waals surface area (Å²) in [5.41, 5.74) is 0. The Morgan fingerprint density at radius 1 is 1.47 bits per heavy atom. The zero-order chi connectivity index (χ0) is 12.5. The summed E-state index contributed by atoms with van der Waals surface area (Å²) < 4.78 is 4.80. The van der Waals surface area contributed by atoms with E-state index in [-0.39, 0.29) is 24.4 Å². The molecule has 0 spiro atoms. The molecule has 1 saturated heterocycles. The molecule has 3 N–H and O–H groups in total. The molecule has 1 unspecified atom stereocenters. The smallest absolute Gasteiger partial charge is 0.239 e. The SMILES string of the molecule is COCCNC(=O)CNC(=O)C1CSCCN1. The molecule has 1 aliphatic rings. The van der Waals surface area contributed by atoms with Crippen LogP contribution in [0.15, 0.2) is 0 Å². The van der Waals surface area contributed by atoms with Crippen LogP contribution in [-0.2, 0) is 14.3 Å². The summed E-state index contributed by atoms with van der Waals surface area (Å²) in [5, 5.41) is 8.36. The van der Waals surface area contributed by atoms with Crippen LogP contribution in [0.2, 0.25) is 0 Å². The number of hydrogen-bond acceptors (Lipinski definition) is 5. The Balaban J connectivity index is 2.11. The zero-order valence-corrected chi connectivity index (χ0v) is 10.8. The summed E-state index contributed by atoms with van der Waals surface area (Å²) in [7, 11) is 1.57. The first kappa shape index (κ1) is 14.3. The van der Waals surface area contributed by atoms with Gasteiger partial charge in [0.15, 0.2) is 0 Å². The van der Waals surface area contributed by atoms with Crippen LogP contribution in [0.1, 0.15) is 0 Å². The van der Waals surface area contributed by atoms with E-state index in [4.69, 9.17) is 4.74 Å². The van der Waals surface area contributed by atoms with Crippen molar-refractivity contribution in [1.82, 2.24) is 16.0 Å². The molecule has 1 heterocycles. The van der Waals surface area contributed by atoms with Gasteiger partial charge in [-0.3, -0.25) is 9.59 Å². The number of carbonyl (C=O) groups excluding carboxylic acids is 2. The Kier molecular flexibility index (Phi) is 6.99. The Labute approximate surface area is 105 Å². The lowest BCUT2D eigenvalue weighted by atomic mass is 10.3. The molecule has 6 nitrogen and oxygen atoms in total. The zero-order valence-electron chi connectivity index (χ0n) is 9.95. The van der Waals surface area contributed by atoms with E-state index in [9.17, 15) is 9.59 Å². The van der Waals surface area contributed by atoms with Crippen LogP contribution in [0.3, 0.4) is 0 Å². The summed E-state index contributed by atoms with van der Waals surface area (Å²) in [6.45, 7) is 1.79. The molecule has 0 saturated carbocycles. The van der Waals surface area contributed by atoms with E-state index in [2.05, 4.69) is 16.0 Å². The molecule has 0 aromatic heterocycles. The van der Waals surface area contributed by atoms with Crippen LogP contribution in [0.5, 0.6) is 0 Å². The fourth-order valence-electron chi connectivity index (χ4n) is 1.38. The topological polar surface area (TPSA) is 79.5 Å². The van der Waals surface area contributed by atoms with Gasteiger partial charge in [0.25, 0.3) is 0 Å². The van der Waals surface area contributed by atoms with Crippen molar-refractivity contribution in [2.75, 3.05) is 44.9 Å². The Bertz CT molecular complexity index is 257. The number of carbonyl (C=O) groups is 2. The van der Waals surface area contributed by atoms with Crippen molar-refractivity contribution in [3.8, 4) is 0 Å². The molecule has 0 aromatic carbocycles. The highest BCUT2D eigenvalue weighted by Crippen LogP contribution is 2.07. The highest BCUT2D eigenvalue weighted by atomic mass is 32.2. The average Bonchev–Trinajstić information content (AvgIpc) is 2.37. The third-order valence-electron chi connectivity index (χ3n) is 2.29. The lowest BCUT2D eigenvalue weighted by Gasteiger charge is -2.22. The highest BCUT2D eigenvalue weighted by molar-refractivity contribution is 7.99. The number of rotatable bonds is 6. The quantitative estimate of drug-likeness (QED) is 0.511. The third-order valence-corrected chi connectivity index (χ3v) is 3.35. The average molecular weight is 261 g/mol. The van der Waals surface area contributed by atoms with Gasteiger partial charge in [0.05, 0.1) is 19.2 Å². The molecular formula is C10H19N3O3S. The molecule has 98 valence electrons. The van der Waals surface area contributed by atoms with Crippen LogP contribution < -0.4 is 16.0 Å². The molecule has 2 amide bonds. The molecule has 7 heteroatoms. The van der Waals surface area contributed by atoms with E-state index >= 15 is 0 Å². The van der Waals surface area contributed by atoms with Crippen LogP contribution in [-0.4, -0.2) is 62.7 Å². The van der Waals surface area contributed by atoms with Gasteiger partial charge in [-0.15, -0.1) is 0 Å². The Morgan fingerprint density at radius 2 is 2.29 bits per heavy atom. The van der Waals surface area contributed by atoms with Gasteiger partial charge in [-0.2, -0.15) is 11.8 Å². The maximum atomic E-state index is 11.6. The van der Waals surface area contributed by atoms with E-state index in [1.54, 1.807) is 18.9 Å². The largest absolute Gasteiger partial charge is 0.383 e. The Morgan fingerprint density at radius 3 is 2.94 bits per heavy atom. The van der Waals surface area contributed by atoms with Crippen molar-refractivity contribution in [3.05, 3.63) is 0 Å². The van der Waals surface area contributed by atoms with Crippen LogP contribution in [0.25, 0.3) is 0 Å². The monoisotopic (exact) mass is 261 g/mol. The molecule has 17 heavy (non-hydrogen) atoms. The second kappa shape index (κ2) is 8.32. The normalized spacial score (nSPS) is 19.7. The molecule has 1 aliphatic heterocycles. The standard InChI is InChI=1S/C10H19N3O3S/c1-16-4-2-12-9(14)6-13-10(15)8-7-17-5-3-11-8/h8,11H,2-7H2,1H3,(H,12,14)(H,13,15). The molecule has 0 aromatic rings. The first-order valence-corrected chi connectivity index (χ1v) is 6.74. The molecule has 1 rings (SSSR count). The predicted molar refractivity (Wildman–Crippen MR) is 67.0 cm³/mol. The Hall–Kier alpha value is -0.790. The van der Waals surface area contributed by atoms with Crippen LogP contribution in [0, 0.1) is 0 Å². The fraction of sp³-hybridized carbons (Fsp3) is 0.800. The van der Waals surface area contributed by atoms with E-state index in [0.717, 1.165) is 18.1 Å². The minimum absolute atomic E-state index is 0.0192. The summed E-state index contributed by atoms with van der Waals surface area (Å²) in [6, 6.07) is -0.180. The van der Waals surface area contributed by atoms with Crippen molar-refractivity contribution >= 4 is 23.6 Å². The number of hydrogen-bond donors (Lipinski definition) is 3. The maximum absolute atomic E-state index is 11.6. The predicted octanol–water partition coefficient (Wildman–Crippen LogP) is -1.43. The van der Waals surface area contributed by atoms with Gasteiger partial charge < -0.3 is 20.7 Å². The van der Waals surface area contributed by atoms with Crippen molar-refractivity contribution < 1.29 is 14.3 Å². The number of thioether (sulfide) groups is 1. The van der Waals surface area contributed by atoms with E-state index in [0.29, 0.717) is 13.2 Å². The van der Waals surface area contributed by atoms with Crippen molar-refractivity contribution in [2.45, 2.75) is 6.04 Å². The van der Waals surface area contributed by atoms with Crippen LogP contribution >= 0.6 is 11.8 Å². The van der Waals surface area contributed by atoms with Crippen LogP contribution in [0.4, 0.5) is 0 Å². The van der Waals surface area contributed by atoms with Gasteiger partial charge in [-0.1, -0.05) is 0 Å². The molecule has 1 atom stereocenters. The number of amides is 2. The van der Waals surface area contributed by atoms with Crippen molar-refractivity contribution in [3.63, 3.8) is 0 Å². The maximum Gasteiger partial charge on any atom is 0.239 e. The number of ether oxygens (including phenoxy) is 1. The van der Waals surface area contributed by atoms with Crippen molar-refractivity contribution in [1.29, 1.82) is 0 Å². The van der Waals surface area contributed by atoms with Gasteiger partial charge in [0.1, 0.15) is 0 Å². The highest BCUT2D eigenvalue weighted by Gasteiger charge is 2.20. The summed E-state index contributed by atoms with van der Waals surface area (Å²) >= 11 is 1.74. The summed E-state index contributed by atoms with van der Waals surface area (Å²) in [4.78, 5) is 22.9. The van der Waals surface area contributed by atoms with Crippen molar-refractivity contribution in [2.24, 2.45) is 0 Å². The molecule has 0 radical (unpaired) electrons. The molecule has 0 bridgehead atoms. The fourth-order valence-corrected chi connectivity index (χ4v) is 2.31. The number of methoxy groups -OCH3 is 1. The minimum atomic E-state index is -0.195. The van der Waals surface area contributed by atoms with Gasteiger partial charge >= 0.3 is 0 Å². The van der Waals surface area contributed by atoms with E-state index in [1.165, 1.54) is 0 Å².